The van der Waals surface area contributed by atoms with Crippen LogP contribution in [0.2, 0.25) is 0 Å². The molecule has 1 unspecified atom stereocenters. The SMILES string of the molecule is CNC(=O)[C@@]1(NC(=O)C2CCCC2)CC1C. The van der Waals surface area contributed by atoms with Gasteiger partial charge in [-0.15, -0.1) is 0 Å². The van der Waals surface area contributed by atoms with Crippen molar-refractivity contribution in [2.24, 2.45) is 11.8 Å². The lowest BCUT2D eigenvalue weighted by atomic mass is 10.1. The summed E-state index contributed by atoms with van der Waals surface area (Å²) in [5.74, 6) is 0.420. The second-order valence-electron chi connectivity index (χ2n) is 5.13. The largest absolute Gasteiger partial charge is 0.357 e. The molecule has 2 saturated carbocycles. The van der Waals surface area contributed by atoms with Gasteiger partial charge in [-0.3, -0.25) is 9.59 Å². The summed E-state index contributed by atoms with van der Waals surface area (Å²) in [6.07, 6.45) is 5.00. The van der Waals surface area contributed by atoms with Gasteiger partial charge in [0.2, 0.25) is 11.8 Å². The summed E-state index contributed by atoms with van der Waals surface area (Å²) in [5, 5.41) is 5.60. The Morgan fingerprint density at radius 3 is 2.25 bits per heavy atom. The average Bonchev–Trinajstić information content (AvgIpc) is 2.74. The minimum absolute atomic E-state index is 0.0497. The van der Waals surface area contributed by atoms with Crippen LogP contribution in [0.3, 0.4) is 0 Å². The molecule has 4 heteroatoms. The Balaban J connectivity index is 1.97. The Bertz CT molecular complexity index is 310. The Hall–Kier alpha value is -1.06. The van der Waals surface area contributed by atoms with E-state index in [2.05, 4.69) is 10.6 Å². The van der Waals surface area contributed by atoms with Gasteiger partial charge in [-0.05, 0) is 25.2 Å². The van der Waals surface area contributed by atoms with Crippen LogP contribution in [0.15, 0.2) is 0 Å². The fourth-order valence-electron chi connectivity index (χ4n) is 2.70. The number of carbonyl (C=O) groups excluding carboxylic acids is 2. The third-order valence-corrected chi connectivity index (χ3v) is 4.01. The molecule has 16 heavy (non-hydrogen) atoms. The van der Waals surface area contributed by atoms with Crippen molar-refractivity contribution in [1.29, 1.82) is 0 Å². The highest BCUT2D eigenvalue weighted by atomic mass is 16.2. The van der Waals surface area contributed by atoms with Crippen molar-refractivity contribution in [3.8, 4) is 0 Å². The first-order valence-electron chi connectivity index (χ1n) is 6.14. The molecule has 2 aliphatic rings. The Kier molecular flexibility index (Phi) is 2.91. The van der Waals surface area contributed by atoms with Gasteiger partial charge in [-0.2, -0.15) is 0 Å². The lowest BCUT2D eigenvalue weighted by Crippen LogP contribution is -2.50. The normalized spacial score (nSPS) is 33.5. The third kappa shape index (κ3) is 1.81. The van der Waals surface area contributed by atoms with E-state index in [1.807, 2.05) is 6.92 Å². The number of likely N-dealkylation sites (N-methyl/N-ethyl adjacent to an activating group) is 1. The maximum absolute atomic E-state index is 12.0. The smallest absolute Gasteiger partial charge is 0.245 e. The van der Waals surface area contributed by atoms with E-state index in [0.717, 1.165) is 32.1 Å². The zero-order valence-corrected chi connectivity index (χ0v) is 10.0. The molecular weight excluding hydrogens is 204 g/mol. The molecule has 2 N–H and O–H groups in total. The number of hydrogen-bond acceptors (Lipinski definition) is 2. The minimum Gasteiger partial charge on any atom is -0.357 e. The van der Waals surface area contributed by atoms with Crippen molar-refractivity contribution in [2.75, 3.05) is 7.05 Å². The first-order chi connectivity index (χ1) is 7.60. The maximum atomic E-state index is 12.0. The van der Waals surface area contributed by atoms with Crippen LogP contribution >= 0.6 is 0 Å². The van der Waals surface area contributed by atoms with E-state index >= 15 is 0 Å². The summed E-state index contributed by atoms with van der Waals surface area (Å²) < 4.78 is 0. The minimum atomic E-state index is -0.603. The van der Waals surface area contributed by atoms with Crippen LogP contribution in [0.5, 0.6) is 0 Å². The molecule has 2 rings (SSSR count). The highest BCUT2D eigenvalue weighted by Crippen LogP contribution is 2.43. The Morgan fingerprint density at radius 1 is 1.25 bits per heavy atom. The molecule has 2 aliphatic carbocycles. The number of nitrogens with one attached hydrogen (secondary N) is 2. The predicted octanol–water partition coefficient (Wildman–Crippen LogP) is 0.817. The summed E-state index contributed by atoms with van der Waals surface area (Å²) in [6, 6.07) is 0. The van der Waals surface area contributed by atoms with Gasteiger partial charge in [-0.25, -0.2) is 0 Å². The van der Waals surface area contributed by atoms with Gasteiger partial charge in [0.25, 0.3) is 0 Å². The molecule has 0 aromatic heterocycles. The lowest BCUT2D eigenvalue weighted by molar-refractivity contribution is -0.132. The van der Waals surface area contributed by atoms with Crippen LogP contribution in [0.1, 0.15) is 39.0 Å². The van der Waals surface area contributed by atoms with E-state index in [-0.39, 0.29) is 23.7 Å². The molecule has 2 fully saturated rings. The summed E-state index contributed by atoms with van der Waals surface area (Å²) >= 11 is 0. The zero-order valence-electron chi connectivity index (χ0n) is 10.0. The van der Waals surface area contributed by atoms with Crippen LogP contribution in [0.4, 0.5) is 0 Å². The summed E-state index contributed by atoms with van der Waals surface area (Å²) in [7, 11) is 1.62. The molecule has 2 amide bonds. The van der Waals surface area contributed by atoms with Crippen molar-refractivity contribution in [3.63, 3.8) is 0 Å². The topological polar surface area (TPSA) is 58.2 Å². The quantitative estimate of drug-likeness (QED) is 0.745. The summed E-state index contributed by atoms with van der Waals surface area (Å²) in [6.45, 7) is 2.00. The van der Waals surface area contributed by atoms with Crippen molar-refractivity contribution < 1.29 is 9.59 Å². The molecule has 2 atom stereocenters. The molecule has 0 radical (unpaired) electrons. The number of amides is 2. The van der Waals surface area contributed by atoms with E-state index in [1.165, 1.54) is 0 Å². The standard InChI is InChI=1S/C12H20N2O2/c1-8-7-12(8,11(16)13-2)14-10(15)9-5-3-4-6-9/h8-9H,3-7H2,1-2H3,(H,13,16)(H,14,15)/t8?,12-/m1/s1. The maximum Gasteiger partial charge on any atom is 0.245 e. The van der Waals surface area contributed by atoms with Gasteiger partial charge in [-0.1, -0.05) is 19.8 Å². The molecule has 0 aromatic rings. The van der Waals surface area contributed by atoms with Crippen molar-refractivity contribution in [1.82, 2.24) is 10.6 Å². The molecule has 0 aliphatic heterocycles. The molecular formula is C12H20N2O2. The highest BCUT2D eigenvalue weighted by Gasteiger charge is 2.58. The second kappa shape index (κ2) is 4.07. The Morgan fingerprint density at radius 2 is 1.81 bits per heavy atom. The fourth-order valence-corrected chi connectivity index (χ4v) is 2.70. The zero-order chi connectivity index (χ0) is 11.8. The lowest BCUT2D eigenvalue weighted by Gasteiger charge is -2.19. The van der Waals surface area contributed by atoms with E-state index in [4.69, 9.17) is 0 Å². The van der Waals surface area contributed by atoms with Crippen LogP contribution in [-0.4, -0.2) is 24.4 Å². The van der Waals surface area contributed by atoms with Crippen LogP contribution in [0.25, 0.3) is 0 Å². The molecule has 0 aromatic carbocycles. The van der Waals surface area contributed by atoms with Crippen LogP contribution < -0.4 is 10.6 Å². The molecule has 4 nitrogen and oxygen atoms in total. The first kappa shape index (κ1) is 11.4. The van der Waals surface area contributed by atoms with Gasteiger partial charge in [0.1, 0.15) is 5.54 Å². The highest BCUT2D eigenvalue weighted by molar-refractivity contribution is 5.95. The van der Waals surface area contributed by atoms with E-state index in [1.54, 1.807) is 7.05 Å². The van der Waals surface area contributed by atoms with Crippen LogP contribution in [-0.2, 0) is 9.59 Å². The second-order valence-corrected chi connectivity index (χ2v) is 5.13. The predicted molar refractivity (Wildman–Crippen MR) is 60.7 cm³/mol. The third-order valence-electron chi connectivity index (χ3n) is 4.01. The van der Waals surface area contributed by atoms with E-state index < -0.39 is 5.54 Å². The van der Waals surface area contributed by atoms with Crippen LogP contribution in [0, 0.1) is 11.8 Å². The molecule has 0 heterocycles. The molecule has 90 valence electrons. The van der Waals surface area contributed by atoms with Gasteiger partial charge < -0.3 is 10.6 Å². The van der Waals surface area contributed by atoms with E-state index in [0.29, 0.717) is 0 Å². The van der Waals surface area contributed by atoms with Crippen molar-refractivity contribution in [2.45, 2.75) is 44.6 Å². The monoisotopic (exact) mass is 224 g/mol. The number of carbonyl (C=O) groups is 2. The van der Waals surface area contributed by atoms with Gasteiger partial charge in [0.05, 0.1) is 0 Å². The van der Waals surface area contributed by atoms with Gasteiger partial charge in [0.15, 0.2) is 0 Å². The van der Waals surface area contributed by atoms with Gasteiger partial charge >= 0.3 is 0 Å². The summed E-state index contributed by atoms with van der Waals surface area (Å²) in [4.78, 5) is 23.7. The van der Waals surface area contributed by atoms with E-state index in [9.17, 15) is 9.59 Å². The summed E-state index contributed by atoms with van der Waals surface area (Å²) in [5.41, 5.74) is -0.603. The number of hydrogen-bond donors (Lipinski definition) is 2. The van der Waals surface area contributed by atoms with Crippen molar-refractivity contribution in [3.05, 3.63) is 0 Å². The fraction of sp³-hybridized carbons (Fsp3) is 0.833. The molecule has 0 bridgehead atoms. The Labute approximate surface area is 96.2 Å². The number of rotatable bonds is 3. The molecule has 0 saturated heterocycles. The average molecular weight is 224 g/mol. The first-order valence-corrected chi connectivity index (χ1v) is 6.14. The molecule has 0 spiro atoms. The van der Waals surface area contributed by atoms with Gasteiger partial charge in [0, 0.05) is 13.0 Å². The van der Waals surface area contributed by atoms with Crippen molar-refractivity contribution >= 4 is 11.8 Å².